The van der Waals surface area contributed by atoms with Gasteiger partial charge in [0.15, 0.2) is 17.1 Å². The summed E-state index contributed by atoms with van der Waals surface area (Å²) in [5.74, 6) is 0.604. The number of carbonyl (C=O) groups is 1. The molecule has 0 unspecified atom stereocenters. The third kappa shape index (κ3) is 3.54. The minimum absolute atomic E-state index is 0.0866. The van der Waals surface area contributed by atoms with Crippen molar-refractivity contribution >= 4 is 46.1 Å². The summed E-state index contributed by atoms with van der Waals surface area (Å²) < 4.78 is 16.9. The van der Waals surface area contributed by atoms with Gasteiger partial charge in [0.25, 0.3) is 11.8 Å². The van der Waals surface area contributed by atoms with Gasteiger partial charge >= 0.3 is 6.01 Å². The topological polar surface area (TPSA) is 90.4 Å². The van der Waals surface area contributed by atoms with Crippen LogP contribution in [-0.4, -0.2) is 22.7 Å². The Morgan fingerprint density at radius 3 is 2.79 bits per heavy atom. The van der Waals surface area contributed by atoms with Crippen molar-refractivity contribution in [1.29, 1.82) is 0 Å². The van der Waals surface area contributed by atoms with Gasteiger partial charge in [-0.25, -0.2) is 0 Å². The number of nitrogens with one attached hydrogen (secondary N) is 1. The van der Waals surface area contributed by atoms with Crippen LogP contribution < -0.4 is 10.1 Å². The molecule has 2 heterocycles. The summed E-state index contributed by atoms with van der Waals surface area (Å²) in [6.07, 6.45) is 0. The number of para-hydroxylation sites is 1. The van der Waals surface area contributed by atoms with Crippen molar-refractivity contribution < 1.29 is 18.4 Å². The molecule has 28 heavy (non-hydrogen) atoms. The van der Waals surface area contributed by atoms with Crippen molar-refractivity contribution in [2.24, 2.45) is 0 Å². The van der Waals surface area contributed by atoms with Crippen LogP contribution in [0.25, 0.3) is 22.6 Å². The molecule has 0 aliphatic heterocycles. The number of fused-ring (bicyclic) bond motifs is 1. The highest BCUT2D eigenvalue weighted by Gasteiger charge is 2.18. The third-order valence-corrected chi connectivity index (χ3v) is 4.39. The molecule has 0 fully saturated rings. The van der Waals surface area contributed by atoms with Crippen molar-refractivity contribution in [3.05, 3.63) is 58.1 Å². The predicted octanol–water partition coefficient (Wildman–Crippen LogP) is 5.44. The van der Waals surface area contributed by atoms with Gasteiger partial charge in [-0.15, -0.1) is 5.10 Å². The van der Waals surface area contributed by atoms with E-state index < -0.39 is 5.91 Å². The summed E-state index contributed by atoms with van der Waals surface area (Å²) in [6, 6.07) is 11.8. The molecule has 0 spiro atoms. The summed E-state index contributed by atoms with van der Waals surface area (Å²) in [7, 11) is 0. The first-order chi connectivity index (χ1) is 13.5. The maximum Gasteiger partial charge on any atom is 0.322 e. The van der Waals surface area contributed by atoms with Gasteiger partial charge in [0.05, 0.1) is 17.2 Å². The zero-order valence-electron chi connectivity index (χ0n) is 14.5. The monoisotopic (exact) mass is 417 g/mol. The van der Waals surface area contributed by atoms with Crippen LogP contribution >= 0.6 is 23.2 Å². The molecule has 4 rings (SSSR count). The molecule has 4 aromatic rings. The summed E-state index contributed by atoms with van der Waals surface area (Å²) in [6.45, 7) is 2.40. The molecule has 7 nitrogen and oxygen atoms in total. The van der Waals surface area contributed by atoms with Gasteiger partial charge in [-0.05, 0) is 37.3 Å². The molecule has 0 atom stereocenters. The van der Waals surface area contributed by atoms with E-state index in [1.54, 1.807) is 12.1 Å². The molecule has 0 radical (unpaired) electrons. The summed E-state index contributed by atoms with van der Waals surface area (Å²) in [4.78, 5) is 12.3. The molecular weight excluding hydrogens is 405 g/mol. The Morgan fingerprint density at radius 2 is 2.00 bits per heavy atom. The van der Waals surface area contributed by atoms with Crippen molar-refractivity contribution in [2.45, 2.75) is 6.92 Å². The lowest BCUT2D eigenvalue weighted by molar-refractivity contribution is 0.102. The SMILES string of the molecule is CCOc1cccc2cc(-c3nnc(NC(=O)c4ccc(Cl)cc4Cl)o3)oc12. The Balaban J connectivity index is 1.58. The van der Waals surface area contributed by atoms with Gasteiger partial charge in [-0.3, -0.25) is 10.1 Å². The van der Waals surface area contributed by atoms with E-state index >= 15 is 0 Å². The summed E-state index contributed by atoms with van der Waals surface area (Å²) >= 11 is 11.9. The maximum absolute atomic E-state index is 12.3. The number of halogens is 2. The molecule has 0 saturated heterocycles. The van der Waals surface area contributed by atoms with Crippen molar-refractivity contribution in [3.8, 4) is 17.4 Å². The summed E-state index contributed by atoms with van der Waals surface area (Å²) in [5, 5.41) is 11.7. The molecule has 9 heteroatoms. The maximum atomic E-state index is 12.3. The molecule has 1 amide bonds. The number of hydrogen-bond donors (Lipinski definition) is 1. The molecule has 1 N–H and O–H groups in total. The highest BCUT2D eigenvalue weighted by atomic mass is 35.5. The smallest absolute Gasteiger partial charge is 0.322 e. The van der Waals surface area contributed by atoms with Crippen LogP contribution in [0.5, 0.6) is 5.75 Å². The van der Waals surface area contributed by atoms with Gasteiger partial charge in [0.1, 0.15) is 0 Å². The minimum atomic E-state index is -0.500. The van der Waals surface area contributed by atoms with E-state index in [1.807, 2.05) is 25.1 Å². The second kappa shape index (κ2) is 7.53. The molecule has 0 bridgehead atoms. The lowest BCUT2D eigenvalue weighted by Gasteiger charge is -2.03. The summed E-state index contributed by atoms with van der Waals surface area (Å²) in [5.41, 5.74) is 0.812. The first-order valence-corrected chi connectivity index (χ1v) is 9.06. The van der Waals surface area contributed by atoms with E-state index in [1.165, 1.54) is 12.1 Å². The lowest BCUT2D eigenvalue weighted by atomic mass is 10.2. The predicted molar refractivity (Wildman–Crippen MR) is 105 cm³/mol. The van der Waals surface area contributed by atoms with E-state index in [9.17, 15) is 4.79 Å². The van der Waals surface area contributed by atoms with Crippen molar-refractivity contribution in [1.82, 2.24) is 10.2 Å². The second-order valence-electron chi connectivity index (χ2n) is 5.71. The van der Waals surface area contributed by atoms with E-state index in [-0.39, 0.29) is 22.5 Å². The fraction of sp³-hybridized carbons (Fsp3) is 0.105. The van der Waals surface area contributed by atoms with E-state index in [2.05, 4.69) is 15.5 Å². The Morgan fingerprint density at radius 1 is 1.14 bits per heavy atom. The Hall–Kier alpha value is -3.03. The van der Waals surface area contributed by atoms with E-state index in [0.717, 1.165) is 5.39 Å². The standard InChI is InChI=1S/C19H13Cl2N3O4/c1-2-26-14-5-3-4-10-8-15(27-16(10)14)18-23-24-19(28-18)22-17(25)12-7-6-11(20)9-13(12)21/h3-9H,2H2,1H3,(H,22,24,25). The van der Waals surface area contributed by atoms with Crippen LogP contribution in [0.1, 0.15) is 17.3 Å². The van der Waals surface area contributed by atoms with Gasteiger partial charge in [-0.1, -0.05) is 40.4 Å². The number of benzene rings is 2. The molecule has 0 saturated carbocycles. The normalized spacial score (nSPS) is 11.0. The number of furan rings is 1. The van der Waals surface area contributed by atoms with E-state index in [4.69, 9.17) is 36.8 Å². The molecular formula is C19H13Cl2N3O4. The Bertz CT molecular complexity index is 1170. The number of hydrogen-bond acceptors (Lipinski definition) is 6. The number of amides is 1. The van der Waals surface area contributed by atoms with Crippen molar-refractivity contribution in [2.75, 3.05) is 11.9 Å². The van der Waals surface area contributed by atoms with Crippen LogP contribution in [-0.2, 0) is 0 Å². The number of ether oxygens (including phenoxy) is 1. The van der Waals surface area contributed by atoms with Gasteiger partial charge in [0, 0.05) is 10.4 Å². The zero-order chi connectivity index (χ0) is 19.7. The highest BCUT2D eigenvalue weighted by molar-refractivity contribution is 6.37. The van der Waals surface area contributed by atoms with Gasteiger partial charge in [-0.2, -0.15) is 0 Å². The average molecular weight is 418 g/mol. The molecule has 0 aliphatic rings. The Kier molecular flexibility index (Phi) is 4.93. The number of anilines is 1. The quantitative estimate of drug-likeness (QED) is 0.464. The molecule has 142 valence electrons. The fourth-order valence-corrected chi connectivity index (χ4v) is 3.12. The van der Waals surface area contributed by atoms with Crippen LogP contribution in [0.2, 0.25) is 10.0 Å². The van der Waals surface area contributed by atoms with Gasteiger partial charge < -0.3 is 13.6 Å². The van der Waals surface area contributed by atoms with Crippen LogP contribution in [0.15, 0.2) is 51.3 Å². The number of nitrogens with zero attached hydrogens (tertiary/aromatic N) is 2. The van der Waals surface area contributed by atoms with Crippen molar-refractivity contribution in [3.63, 3.8) is 0 Å². The average Bonchev–Trinajstić information content (AvgIpc) is 3.29. The first-order valence-electron chi connectivity index (χ1n) is 8.31. The molecule has 2 aromatic carbocycles. The van der Waals surface area contributed by atoms with Crippen LogP contribution in [0.3, 0.4) is 0 Å². The highest BCUT2D eigenvalue weighted by Crippen LogP contribution is 2.33. The van der Waals surface area contributed by atoms with Gasteiger partial charge in [0.2, 0.25) is 0 Å². The molecule has 0 aliphatic carbocycles. The third-order valence-electron chi connectivity index (χ3n) is 3.84. The lowest BCUT2D eigenvalue weighted by Crippen LogP contribution is -2.12. The van der Waals surface area contributed by atoms with Crippen LogP contribution in [0, 0.1) is 0 Å². The van der Waals surface area contributed by atoms with E-state index in [0.29, 0.717) is 28.7 Å². The molecule has 2 aromatic heterocycles. The van der Waals surface area contributed by atoms with Crippen LogP contribution in [0.4, 0.5) is 6.01 Å². The zero-order valence-corrected chi connectivity index (χ0v) is 16.0. The fourth-order valence-electron chi connectivity index (χ4n) is 2.62. The largest absolute Gasteiger partial charge is 0.490 e. The Labute approximate surface area is 169 Å². The first kappa shape index (κ1) is 18.3. The number of rotatable bonds is 5. The number of carbonyl (C=O) groups excluding carboxylic acids is 1. The number of aromatic nitrogens is 2. The minimum Gasteiger partial charge on any atom is -0.490 e. The second-order valence-corrected chi connectivity index (χ2v) is 6.55.